The smallest absolute Gasteiger partial charge is 0.285 e. The van der Waals surface area contributed by atoms with Crippen molar-refractivity contribution in [2.24, 2.45) is 0 Å². The number of nitrogens with one attached hydrogen (secondary N) is 2. The molecule has 0 aliphatic carbocycles. The van der Waals surface area contributed by atoms with E-state index < -0.39 is 34.9 Å². The van der Waals surface area contributed by atoms with Crippen LogP contribution >= 0.6 is 0 Å². The number of nitrogens with zero attached hydrogens (tertiary/aromatic N) is 6. The average molecular weight is 510 g/mol. The lowest BCUT2D eigenvalue weighted by Crippen LogP contribution is -2.15. The zero-order valence-corrected chi connectivity index (χ0v) is 17.5. The summed E-state index contributed by atoms with van der Waals surface area (Å²) in [5.74, 6) is -0.242. The Kier molecular flexibility index (Phi) is 5.04. The highest BCUT2D eigenvalue weighted by Gasteiger charge is 2.34. The molecule has 0 aliphatic heterocycles. The summed E-state index contributed by atoms with van der Waals surface area (Å²) in [5.41, 5.74) is -3.67. The van der Waals surface area contributed by atoms with Crippen molar-refractivity contribution in [1.82, 2.24) is 39.1 Å². The van der Waals surface area contributed by atoms with Crippen LogP contribution in [0.4, 0.5) is 26.3 Å². The number of para-hydroxylation sites is 2. The molecule has 0 radical (unpaired) electrons. The van der Waals surface area contributed by atoms with Crippen LogP contribution in [0.1, 0.15) is 11.4 Å². The minimum absolute atomic E-state index is 0.121. The SMILES string of the molecule is O=c1cc(C(F)(F)F)[nH]n1-c1ccn(-c2ccccc2-n2ccc(-n3[nH]c(C(F)(F)F)cc3=O)n2)n1. The van der Waals surface area contributed by atoms with Gasteiger partial charge in [-0.15, -0.1) is 10.2 Å². The van der Waals surface area contributed by atoms with Gasteiger partial charge in [-0.2, -0.15) is 35.7 Å². The highest BCUT2D eigenvalue weighted by atomic mass is 19.4. The number of benzene rings is 1. The lowest BCUT2D eigenvalue weighted by molar-refractivity contribution is -0.142. The van der Waals surface area contributed by atoms with Crippen molar-refractivity contribution in [2.75, 3.05) is 0 Å². The number of aromatic amines is 2. The Morgan fingerprint density at radius 2 is 1.03 bits per heavy atom. The van der Waals surface area contributed by atoms with E-state index in [2.05, 4.69) is 10.2 Å². The molecule has 4 heterocycles. The molecule has 2 N–H and O–H groups in total. The molecule has 0 aliphatic rings. The predicted octanol–water partition coefficient (Wildman–Crippen LogP) is 3.05. The molecule has 0 fully saturated rings. The fourth-order valence-electron chi connectivity index (χ4n) is 3.41. The summed E-state index contributed by atoms with van der Waals surface area (Å²) in [6.45, 7) is 0. The topological polar surface area (TPSA) is 111 Å². The van der Waals surface area contributed by atoms with Gasteiger partial charge in [0.05, 0.1) is 11.4 Å². The lowest BCUT2D eigenvalue weighted by Gasteiger charge is -2.09. The third-order valence-electron chi connectivity index (χ3n) is 5.04. The molecule has 5 aromatic rings. The molecule has 0 atom stereocenters. The Hall–Kier alpha value is -4.76. The Morgan fingerprint density at radius 1 is 0.639 bits per heavy atom. The van der Waals surface area contributed by atoms with Crippen LogP contribution in [0.15, 0.2) is 70.5 Å². The molecule has 10 nitrogen and oxygen atoms in total. The van der Waals surface area contributed by atoms with Crippen LogP contribution in [0.3, 0.4) is 0 Å². The largest absolute Gasteiger partial charge is 0.432 e. The van der Waals surface area contributed by atoms with Crippen LogP contribution in [0.5, 0.6) is 0 Å². The minimum Gasteiger partial charge on any atom is -0.285 e. The van der Waals surface area contributed by atoms with Crippen molar-refractivity contribution in [3.8, 4) is 23.0 Å². The molecule has 5 rings (SSSR count). The monoisotopic (exact) mass is 510 g/mol. The maximum absolute atomic E-state index is 12.9. The summed E-state index contributed by atoms with van der Waals surface area (Å²) < 4.78 is 81.3. The van der Waals surface area contributed by atoms with Crippen LogP contribution < -0.4 is 11.1 Å². The maximum atomic E-state index is 12.9. The fourth-order valence-corrected chi connectivity index (χ4v) is 3.41. The maximum Gasteiger partial charge on any atom is 0.432 e. The van der Waals surface area contributed by atoms with E-state index in [1.54, 1.807) is 24.3 Å². The molecule has 0 saturated heterocycles. The molecule has 36 heavy (non-hydrogen) atoms. The van der Waals surface area contributed by atoms with Crippen molar-refractivity contribution in [3.05, 3.63) is 93.0 Å². The van der Waals surface area contributed by atoms with Gasteiger partial charge in [-0.3, -0.25) is 19.8 Å². The van der Waals surface area contributed by atoms with Crippen molar-refractivity contribution < 1.29 is 26.3 Å². The van der Waals surface area contributed by atoms with E-state index in [-0.39, 0.29) is 11.6 Å². The third-order valence-corrected chi connectivity index (χ3v) is 5.04. The van der Waals surface area contributed by atoms with Gasteiger partial charge >= 0.3 is 12.4 Å². The highest BCUT2D eigenvalue weighted by Crippen LogP contribution is 2.28. The molecule has 0 saturated carbocycles. The summed E-state index contributed by atoms with van der Waals surface area (Å²) in [6, 6.07) is 9.89. The van der Waals surface area contributed by atoms with Crippen LogP contribution in [0.25, 0.3) is 23.0 Å². The number of hydrogen-bond acceptors (Lipinski definition) is 4. The molecule has 0 bridgehead atoms. The van der Waals surface area contributed by atoms with Crippen LogP contribution in [0.2, 0.25) is 0 Å². The van der Waals surface area contributed by atoms with Gasteiger partial charge in [0, 0.05) is 36.7 Å². The second-order valence-electron chi connectivity index (χ2n) is 7.41. The molecular formula is C20H12F6N8O2. The molecule has 0 unspecified atom stereocenters. The minimum atomic E-state index is -4.75. The van der Waals surface area contributed by atoms with Crippen molar-refractivity contribution in [3.63, 3.8) is 0 Å². The Labute approximate surface area is 194 Å². The first-order valence-corrected chi connectivity index (χ1v) is 9.92. The third kappa shape index (κ3) is 4.01. The van der Waals surface area contributed by atoms with Gasteiger partial charge in [0.15, 0.2) is 11.6 Å². The number of aromatic nitrogens is 8. The predicted molar refractivity (Wildman–Crippen MR) is 111 cm³/mol. The second-order valence-corrected chi connectivity index (χ2v) is 7.41. The van der Waals surface area contributed by atoms with E-state index in [9.17, 15) is 35.9 Å². The first kappa shape index (κ1) is 23.0. The van der Waals surface area contributed by atoms with E-state index in [1.807, 2.05) is 10.2 Å². The summed E-state index contributed by atoms with van der Waals surface area (Å²) in [6.07, 6.45) is -6.72. The molecule has 186 valence electrons. The Bertz CT molecular complexity index is 1550. The molecule has 4 aromatic heterocycles. The van der Waals surface area contributed by atoms with Crippen molar-refractivity contribution in [1.29, 1.82) is 0 Å². The zero-order valence-electron chi connectivity index (χ0n) is 17.5. The highest BCUT2D eigenvalue weighted by molar-refractivity contribution is 5.52. The van der Waals surface area contributed by atoms with Gasteiger partial charge in [-0.05, 0) is 12.1 Å². The van der Waals surface area contributed by atoms with Gasteiger partial charge < -0.3 is 0 Å². The first-order chi connectivity index (χ1) is 16.9. The number of halogens is 6. The molecule has 1 aromatic carbocycles. The van der Waals surface area contributed by atoms with E-state index in [4.69, 9.17) is 0 Å². The van der Waals surface area contributed by atoms with Gasteiger partial charge in [0.1, 0.15) is 11.4 Å². The van der Waals surface area contributed by atoms with E-state index in [1.165, 1.54) is 33.9 Å². The fraction of sp³-hybridized carbons (Fsp3) is 0.100. The number of hydrogen-bond donors (Lipinski definition) is 2. The lowest BCUT2D eigenvalue weighted by atomic mass is 10.2. The summed E-state index contributed by atoms with van der Waals surface area (Å²) in [7, 11) is 0. The van der Waals surface area contributed by atoms with Crippen LogP contribution in [0, 0.1) is 0 Å². The molecular weight excluding hydrogens is 498 g/mol. The zero-order chi connectivity index (χ0) is 25.8. The van der Waals surface area contributed by atoms with E-state index >= 15 is 0 Å². The van der Waals surface area contributed by atoms with Gasteiger partial charge in [0.25, 0.3) is 11.1 Å². The van der Waals surface area contributed by atoms with Crippen molar-refractivity contribution in [2.45, 2.75) is 12.4 Å². The van der Waals surface area contributed by atoms with E-state index in [0.29, 0.717) is 32.9 Å². The van der Waals surface area contributed by atoms with Gasteiger partial charge in [-0.1, -0.05) is 12.1 Å². The summed E-state index contributed by atoms with van der Waals surface area (Å²) in [5, 5.41) is 12.2. The number of alkyl halides is 6. The van der Waals surface area contributed by atoms with Crippen LogP contribution in [-0.2, 0) is 12.4 Å². The first-order valence-electron chi connectivity index (χ1n) is 9.92. The molecule has 0 amide bonds. The Balaban J connectivity index is 1.51. The van der Waals surface area contributed by atoms with Crippen molar-refractivity contribution >= 4 is 0 Å². The number of rotatable bonds is 4. The van der Waals surface area contributed by atoms with Gasteiger partial charge in [0.2, 0.25) is 0 Å². The number of H-pyrrole nitrogens is 2. The Morgan fingerprint density at radius 3 is 1.36 bits per heavy atom. The molecule has 0 spiro atoms. The molecule has 16 heteroatoms. The second kappa shape index (κ2) is 7.89. The standard InChI is InChI=1S/C20H12F6N8O2/c21-19(22,23)13-9-17(35)33(27-13)15-5-7-31(29-15)11-3-1-2-4-12(11)32-8-6-16(30-32)34-18(36)10-14(28-34)20(24,25)26/h1-10,27-28H. The summed E-state index contributed by atoms with van der Waals surface area (Å²) in [4.78, 5) is 24.0. The average Bonchev–Trinajstić information content (AvgIpc) is 3.58. The van der Waals surface area contributed by atoms with Gasteiger partial charge in [-0.25, -0.2) is 9.36 Å². The summed E-state index contributed by atoms with van der Waals surface area (Å²) >= 11 is 0. The normalized spacial score (nSPS) is 12.4. The quantitative estimate of drug-likeness (QED) is 0.362. The van der Waals surface area contributed by atoms with E-state index in [0.717, 1.165) is 0 Å². The van der Waals surface area contributed by atoms with Crippen LogP contribution in [-0.4, -0.2) is 39.1 Å².